The molecule has 0 aliphatic rings. The van der Waals surface area contributed by atoms with Gasteiger partial charge in [-0.25, -0.2) is 0 Å². The second kappa shape index (κ2) is 3.50. The van der Waals surface area contributed by atoms with Crippen molar-refractivity contribution in [1.82, 2.24) is 0 Å². The van der Waals surface area contributed by atoms with Gasteiger partial charge in [-0.2, -0.15) is 0 Å². The highest BCUT2D eigenvalue weighted by Crippen LogP contribution is 2.30. The summed E-state index contributed by atoms with van der Waals surface area (Å²) in [4.78, 5) is 0. The Kier molecular flexibility index (Phi) is 2.80. The van der Waals surface area contributed by atoms with Crippen LogP contribution in [0.5, 0.6) is 0 Å². The summed E-state index contributed by atoms with van der Waals surface area (Å²) in [5, 5.41) is 0.489. The predicted octanol–water partition coefficient (Wildman–Crippen LogP) is 2.61. The summed E-state index contributed by atoms with van der Waals surface area (Å²) in [7, 11) is 0. The molecule has 0 saturated heterocycles. The fourth-order valence-corrected chi connectivity index (χ4v) is 1.69. The zero-order valence-corrected chi connectivity index (χ0v) is 8.40. The van der Waals surface area contributed by atoms with E-state index in [2.05, 4.69) is 6.92 Å². The zero-order chi connectivity index (χ0) is 9.30. The second-order valence-electron chi connectivity index (χ2n) is 3.11. The Morgan fingerprint density at radius 3 is 2.42 bits per heavy atom. The highest BCUT2D eigenvalue weighted by molar-refractivity contribution is 6.29. The van der Waals surface area contributed by atoms with Crippen LogP contribution in [-0.2, 0) is 0 Å². The third-order valence-electron chi connectivity index (χ3n) is 2.17. The molecule has 1 aromatic rings. The first kappa shape index (κ1) is 9.62. The van der Waals surface area contributed by atoms with Crippen molar-refractivity contribution < 1.29 is 4.42 Å². The average molecular weight is 188 g/mol. The Morgan fingerprint density at radius 1 is 1.50 bits per heavy atom. The largest absolute Gasteiger partial charge is 0.449 e. The van der Waals surface area contributed by atoms with E-state index in [0.29, 0.717) is 17.7 Å². The zero-order valence-electron chi connectivity index (χ0n) is 7.65. The Hall–Kier alpha value is -0.470. The highest BCUT2D eigenvalue weighted by Gasteiger charge is 2.16. The maximum Gasteiger partial charge on any atom is 0.196 e. The summed E-state index contributed by atoms with van der Waals surface area (Å²) in [6.07, 6.45) is 0. The minimum atomic E-state index is 0.321. The van der Waals surface area contributed by atoms with E-state index >= 15 is 0 Å². The molecule has 0 amide bonds. The van der Waals surface area contributed by atoms with Gasteiger partial charge in [0.05, 0.1) is 0 Å². The van der Waals surface area contributed by atoms with Crippen molar-refractivity contribution in [2.24, 2.45) is 5.73 Å². The van der Waals surface area contributed by atoms with Crippen molar-refractivity contribution in [2.75, 3.05) is 6.54 Å². The van der Waals surface area contributed by atoms with Crippen LogP contribution in [0.15, 0.2) is 4.42 Å². The van der Waals surface area contributed by atoms with Gasteiger partial charge in [0.2, 0.25) is 0 Å². The van der Waals surface area contributed by atoms with Crippen molar-refractivity contribution in [3.8, 4) is 0 Å². The van der Waals surface area contributed by atoms with E-state index in [-0.39, 0.29) is 0 Å². The first-order valence-corrected chi connectivity index (χ1v) is 4.41. The van der Waals surface area contributed by atoms with Gasteiger partial charge >= 0.3 is 0 Å². The molecule has 1 atom stereocenters. The van der Waals surface area contributed by atoms with Crippen LogP contribution >= 0.6 is 11.6 Å². The lowest BCUT2D eigenvalue weighted by Crippen LogP contribution is -2.09. The smallest absolute Gasteiger partial charge is 0.196 e. The molecule has 3 heteroatoms. The number of nitrogens with two attached hydrogens (primary N) is 1. The van der Waals surface area contributed by atoms with Crippen LogP contribution in [0.3, 0.4) is 0 Å². The van der Waals surface area contributed by atoms with Crippen LogP contribution in [0, 0.1) is 13.8 Å². The Bertz CT molecular complexity index is 280. The summed E-state index contributed by atoms with van der Waals surface area (Å²) >= 11 is 5.83. The summed E-state index contributed by atoms with van der Waals surface area (Å²) in [6.45, 7) is 6.57. The molecule has 1 aromatic heterocycles. The van der Waals surface area contributed by atoms with E-state index in [0.717, 1.165) is 16.9 Å². The molecule has 0 fully saturated rings. The monoisotopic (exact) mass is 187 g/mol. The molecule has 1 rings (SSSR count). The van der Waals surface area contributed by atoms with Crippen molar-refractivity contribution in [3.63, 3.8) is 0 Å². The minimum absolute atomic E-state index is 0.321. The standard InChI is InChI=1S/C9H14ClNO/c1-5(4-11)8-6(2)9(10)12-7(8)3/h5H,4,11H2,1-3H3. The van der Waals surface area contributed by atoms with E-state index in [9.17, 15) is 0 Å². The van der Waals surface area contributed by atoms with Crippen LogP contribution in [0.4, 0.5) is 0 Å². The van der Waals surface area contributed by atoms with Crippen molar-refractivity contribution in [1.29, 1.82) is 0 Å². The lowest BCUT2D eigenvalue weighted by molar-refractivity contribution is 0.527. The highest BCUT2D eigenvalue weighted by atomic mass is 35.5. The maximum absolute atomic E-state index is 5.83. The summed E-state index contributed by atoms with van der Waals surface area (Å²) in [5.41, 5.74) is 7.74. The molecule has 0 saturated carbocycles. The Balaban J connectivity index is 3.13. The molecule has 68 valence electrons. The van der Waals surface area contributed by atoms with E-state index in [1.807, 2.05) is 13.8 Å². The molecule has 0 aliphatic heterocycles. The van der Waals surface area contributed by atoms with Crippen LogP contribution in [0.1, 0.15) is 29.7 Å². The lowest BCUT2D eigenvalue weighted by atomic mass is 9.98. The van der Waals surface area contributed by atoms with E-state index in [1.54, 1.807) is 0 Å². The summed E-state index contributed by atoms with van der Waals surface area (Å²) < 4.78 is 5.28. The molecular weight excluding hydrogens is 174 g/mol. The quantitative estimate of drug-likeness (QED) is 0.773. The number of hydrogen-bond donors (Lipinski definition) is 1. The van der Waals surface area contributed by atoms with E-state index in [4.69, 9.17) is 21.8 Å². The van der Waals surface area contributed by atoms with Gasteiger partial charge < -0.3 is 10.2 Å². The molecule has 2 N–H and O–H groups in total. The molecule has 0 radical (unpaired) electrons. The van der Waals surface area contributed by atoms with Crippen LogP contribution < -0.4 is 5.73 Å². The average Bonchev–Trinajstić information content (AvgIpc) is 2.26. The molecule has 0 bridgehead atoms. The Labute approximate surface area is 77.7 Å². The van der Waals surface area contributed by atoms with Crippen LogP contribution in [0.2, 0.25) is 5.22 Å². The topological polar surface area (TPSA) is 39.2 Å². The molecule has 1 heterocycles. The first-order chi connectivity index (χ1) is 5.57. The number of furan rings is 1. The normalized spacial score (nSPS) is 13.4. The second-order valence-corrected chi connectivity index (χ2v) is 3.45. The Morgan fingerprint density at radius 2 is 2.08 bits per heavy atom. The summed E-state index contributed by atoms with van der Waals surface area (Å²) in [5.74, 6) is 1.21. The van der Waals surface area contributed by atoms with Crippen molar-refractivity contribution in [3.05, 3.63) is 22.1 Å². The van der Waals surface area contributed by atoms with Gasteiger partial charge in [-0.15, -0.1) is 0 Å². The predicted molar refractivity (Wildman–Crippen MR) is 50.7 cm³/mol. The SMILES string of the molecule is Cc1oc(Cl)c(C)c1C(C)CN. The van der Waals surface area contributed by atoms with Crippen molar-refractivity contribution >= 4 is 11.6 Å². The van der Waals surface area contributed by atoms with Crippen LogP contribution in [-0.4, -0.2) is 6.54 Å². The maximum atomic E-state index is 5.83. The third kappa shape index (κ3) is 1.50. The number of hydrogen-bond acceptors (Lipinski definition) is 2. The molecular formula is C9H14ClNO. The molecule has 12 heavy (non-hydrogen) atoms. The van der Waals surface area contributed by atoms with Gasteiger partial charge in [-0.3, -0.25) is 0 Å². The fraction of sp³-hybridized carbons (Fsp3) is 0.556. The van der Waals surface area contributed by atoms with Gasteiger partial charge in [-0.1, -0.05) is 6.92 Å². The van der Waals surface area contributed by atoms with E-state index < -0.39 is 0 Å². The molecule has 0 spiro atoms. The number of rotatable bonds is 2. The van der Waals surface area contributed by atoms with Crippen molar-refractivity contribution in [2.45, 2.75) is 26.7 Å². The van der Waals surface area contributed by atoms with Gasteiger partial charge in [0, 0.05) is 11.1 Å². The van der Waals surface area contributed by atoms with Gasteiger partial charge in [0.15, 0.2) is 5.22 Å². The molecule has 2 nitrogen and oxygen atoms in total. The first-order valence-electron chi connectivity index (χ1n) is 4.03. The molecule has 0 aliphatic carbocycles. The van der Waals surface area contributed by atoms with Crippen LogP contribution in [0.25, 0.3) is 0 Å². The van der Waals surface area contributed by atoms with Gasteiger partial charge in [-0.05, 0) is 37.9 Å². The third-order valence-corrected chi connectivity index (χ3v) is 2.53. The van der Waals surface area contributed by atoms with Gasteiger partial charge in [0.25, 0.3) is 0 Å². The summed E-state index contributed by atoms with van der Waals surface area (Å²) in [6, 6.07) is 0. The minimum Gasteiger partial charge on any atom is -0.449 e. The van der Waals surface area contributed by atoms with Gasteiger partial charge in [0.1, 0.15) is 5.76 Å². The number of aryl methyl sites for hydroxylation is 1. The fourth-order valence-electron chi connectivity index (χ4n) is 1.47. The van der Waals surface area contributed by atoms with E-state index in [1.165, 1.54) is 0 Å². The number of halogens is 1. The molecule has 1 unspecified atom stereocenters. The lowest BCUT2D eigenvalue weighted by Gasteiger charge is -2.07. The molecule has 0 aromatic carbocycles.